The highest BCUT2D eigenvalue weighted by atomic mass is 16.3. The fourth-order valence-electron chi connectivity index (χ4n) is 3.65. The summed E-state index contributed by atoms with van der Waals surface area (Å²) in [6.45, 7) is 9.24. The molecule has 0 saturated heterocycles. The summed E-state index contributed by atoms with van der Waals surface area (Å²) in [5.41, 5.74) is 3.88. The van der Waals surface area contributed by atoms with Crippen LogP contribution in [0.5, 0.6) is 0 Å². The number of rotatable bonds is 5. The van der Waals surface area contributed by atoms with E-state index < -0.39 is 0 Å². The van der Waals surface area contributed by atoms with Crippen LogP contribution in [0.15, 0.2) is 47.0 Å². The summed E-state index contributed by atoms with van der Waals surface area (Å²) < 4.78 is 7.49. The van der Waals surface area contributed by atoms with Crippen LogP contribution in [0.3, 0.4) is 0 Å². The minimum atomic E-state index is -0.271. The first kappa shape index (κ1) is 21.3. The third-order valence-corrected chi connectivity index (χ3v) is 5.08. The first-order valence-corrected chi connectivity index (χ1v) is 10.4. The van der Waals surface area contributed by atoms with Crippen LogP contribution in [0.25, 0.3) is 22.3 Å². The summed E-state index contributed by atoms with van der Waals surface area (Å²) in [5, 5.41) is 10.8. The average molecular weight is 431 g/mol. The minimum absolute atomic E-state index is 0.0830. The van der Waals surface area contributed by atoms with Crippen molar-refractivity contribution in [3.05, 3.63) is 59.7 Å². The number of hydrogen-bond acceptors (Lipinski definition) is 5. The van der Waals surface area contributed by atoms with E-state index in [4.69, 9.17) is 9.40 Å². The molecule has 0 saturated carbocycles. The fraction of sp³-hybridized carbons (Fsp3) is 0.250. The van der Waals surface area contributed by atoms with Crippen molar-refractivity contribution >= 4 is 34.2 Å². The summed E-state index contributed by atoms with van der Waals surface area (Å²) in [6.07, 6.45) is 1.67. The minimum Gasteiger partial charge on any atom is -0.466 e. The van der Waals surface area contributed by atoms with Gasteiger partial charge in [0.1, 0.15) is 11.5 Å². The molecule has 0 spiro atoms. The van der Waals surface area contributed by atoms with Gasteiger partial charge >= 0.3 is 0 Å². The number of aryl methyl sites for hydroxylation is 2. The molecular formula is C24H25N5O3. The first-order valence-electron chi connectivity index (χ1n) is 10.4. The molecule has 0 atom stereocenters. The molecule has 32 heavy (non-hydrogen) atoms. The van der Waals surface area contributed by atoms with Crippen LogP contribution in [0.1, 0.15) is 48.7 Å². The van der Waals surface area contributed by atoms with E-state index in [-0.39, 0.29) is 17.9 Å². The number of benzene rings is 1. The van der Waals surface area contributed by atoms with E-state index in [2.05, 4.69) is 15.7 Å². The van der Waals surface area contributed by atoms with Crippen LogP contribution >= 0.6 is 0 Å². The number of amides is 2. The molecule has 0 radical (unpaired) electrons. The van der Waals surface area contributed by atoms with Crippen molar-refractivity contribution in [1.82, 2.24) is 14.8 Å². The number of aromatic nitrogens is 3. The summed E-state index contributed by atoms with van der Waals surface area (Å²) in [4.78, 5) is 29.3. The molecule has 0 aliphatic heterocycles. The molecule has 0 bridgehead atoms. The van der Waals surface area contributed by atoms with Crippen LogP contribution < -0.4 is 10.6 Å². The highest BCUT2D eigenvalue weighted by Crippen LogP contribution is 2.30. The Morgan fingerprint density at radius 2 is 1.69 bits per heavy atom. The Morgan fingerprint density at radius 3 is 2.25 bits per heavy atom. The Morgan fingerprint density at radius 1 is 1.03 bits per heavy atom. The number of carbonyl (C=O) groups is 2. The number of pyridine rings is 1. The van der Waals surface area contributed by atoms with Crippen molar-refractivity contribution in [2.24, 2.45) is 0 Å². The van der Waals surface area contributed by atoms with E-state index >= 15 is 0 Å². The van der Waals surface area contributed by atoms with Crippen molar-refractivity contribution in [2.45, 2.75) is 40.7 Å². The van der Waals surface area contributed by atoms with Gasteiger partial charge in [0, 0.05) is 29.9 Å². The summed E-state index contributed by atoms with van der Waals surface area (Å²) in [7, 11) is 0. The molecular weight excluding hydrogens is 406 g/mol. The van der Waals surface area contributed by atoms with Gasteiger partial charge in [0.2, 0.25) is 5.91 Å². The van der Waals surface area contributed by atoms with Gasteiger partial charge < -0.3 is 15.1 Å². The van der Waals surface area contributed by atoms with E-state index in [1.807, 2.05) is 33.8 Å². The molecule has 2 amide bonds. The van der Waals surface area contributed by atoms with E-state index in [1.54, 1.807) is 41.2 Å². The van der Waals surface area contributed by atoms with Gasteiger partial charge in [-0.15, -0.1) is 0 Å². The Hall–Kier alpha value is -3.94. The normalized spacial score (nSPS) is 11.2. The van der Waals surface area contributed by atoms with Crippen LogP contribution in [0.2, 0.25) is 0 Å². The highest BCUT2D eigenvalue weighted by molar-refractivity contribution is 6.12. The van der Waals surface area contributed by atoms with Crippen molar-refractivity contribution in [2.75, 3.05) is 10.6 Å². The second-order valence-corrected chi connectivity index (χ2v) is 8.01. The van der Waals surface area contributed by atoms with Gasteiger partial charge in [-0.05, 0) is 64.1 Å². The Balaban J connectivity index is 1.76. The molecule has 3 aromatic heterocycles. The Labute approximate surface area is 185 Å². The Bertz CT molecular complexity index is 1320. The second kappa shape index (κ2) is 8.30. The van der Waals surface area contributed by atoms with E-state index in [0.717, 1.165) is 17.1 Å². The molecule has 2 N–H and O–H groups in total. The number of furan rings is 1. The van der Waals surface area contributed by atoms with E-state index in [0.29, 0.717) is 33.7 Å². The molecule has 4 aromatic rings. The van der Waals surface area contributed by atoms with Gasteiger partial charge in [-0.1, -0.05) is 0 Å². The van der Waals surface area contributed by atoms with Crippen LogP contribution in [-0.2, 0) is 4.79 Å². The molecule has 1 aromatic carbocycles. The van der Waals surface area contributed by atoms with Crippen molar-refractivity contribution in [3.63, 3.8) is 0 Å². The predicted octanol–water partition coefficient (Wildman–Crippen LogP) is 5.10. The molecule has 0 unspecified atom stereocenters. The Kier molecular flexibility index (Phi) is 5.52. The van der Waals surface area contributed by atoms with E-state index in [9.17, 15) is 9.59 Å². The van der Waals surface area contributed by atoms with Crippen LogP contribution in [0.4, 0.5) is 11.4 Å². The molecule has 8 nitrogen and oxygen atoms in total. The fourth-order valence-corrected chi connectivity index (χ4v) is 3.65. The highest BCUT2D eigenvalue weighted by Gasteiger charge is 2.20. The number of nitrogens with zero attached hydrogens (tertiary/aromatic N) is 3. The zero-order valence-corrected chi connectivity index (χ0v) is 18.7. The van der Waals surface area contributed by atoms with Crippen LogP contribution in [-0.4, -0.2) is 26.6 Å². The average Bonchev–Trinajstić information content (AvgIpc) is 3.30. The molecule has 0 aliphatic rings. The number of carbonyl (C=O) groups excluding carboxylic acids is 2. The monoisotopic (exact) mass is 431 g/mol. The SMILES string of the molecule is CC(=O)Nc1ccc(NC(=O)c2cc(-c3cc(C)oc3C)nc3c2cnn3C(C)C)cc1. The molecule has 0 aliphatic carbocycles. The lowest BCUT2D eigenvalue weighted by atomic mass is 10.1. The zero-order chi connectivity index (χ0) is 23.0. The van der Waals surface area contributed by atoms with Gasteiger partial charge in [0.15, 0.2) is 5.65 Å². The molecule has 8 heteroatoms. The lowest BCUT2D eigenvalue weighted by Gasteiger charge is -2.11. The van der Waals surface area contributed by atoms with Gasteiger partial charge in [-0.3, -0.25) is 9.59 Å². The summed E-state index contributed by atoms with van der Waals surface area (Å²) >= 11 is 0. The predicted molar refractivity (Wildman–Crippen MR) is 124 cm³/mol. The van der Waals surface area contributed by atoms with Crippen molar-refractivity contribution in [3.8, 4) is 11.3 Å². The standard InChI is InChI=1S/C24H25N5O3/c1-13(2)29-23-21(12-25-29)20(11-22(28-23)19-10-14(3)32-15(19)4)24(31)27-18-8-6-17(7-9-18)26-16(5)30/h6-13H,1-5H3,(H,26,30)(H,27,31). The topological polar surface area (TPSA) is 102 Å². The molecule has 4 rings (SSSR count). The third-order valence-electron chi connectivity index (χ3n) is 5.08. The number of fused-ring (bicyclic) bond motifs is 1. The number of hydrogen-bond donors (Lipinski definition) is 2. The van der Waals surface area contributed by atoms with Gasteiger partial charge in [0.25, 0.3) is 5.91 Å². The quantitative estimate of drug-likeness (QED) is 0.458. The van der Waals surface area contributed by atoms with Gasteiger partial charge in [-0.25, -0.2) is 9.67 Å². The molecule has 164 valence electrons. The van der Waals surface area contributed by atoms with E-state index in [1.165, 1.54) is 6.92 Å². The lowest BCUT2D eigenvalue weighted by Crippen LogP contribution is -2.13. The van der Waals surface area contributed by atoms with Gasteiger partial charge in [-0.2, -0.15) is 5.10 Å². The third kappa shape index (κ3) is 4.12. The summed E-state index contributed by atoms with van der Waals surface area (Å²) in [5.74, 6) is 1.10. The van der Waals surface area contributed by atoms with Crippen molar-refractivity contribution in [1.29, 1.82) is 0 Å². The first-order chi connectivity index (χ1) is 15.2. The smallest absolute Gasteiger partial charge is 0.256 e. The largest absolute Gasteiger partial charge is 0.466 e. The molecule has 3 heterocycles. The van der Waals surface area contributed by atoms with Crippen molar-refractivity contribution < 1.29 is 14.0 Å². The zero-order valence-electron chi connectivity index (χ0n) is 18.7. The molecule has 0 fully saturated rings. The van der Waals surface area contributed by atoms with Crippen LogP contribution in [0, 0.1) is 13.8 Å². The maximum absolute atomic E-state index is 13.3. The second-order valence-electron chi connectivity index (χ2n) is 8.01. The number of anilines is 2. The maximum Gasteiger partial charge on any atom is 0.256 e. The summed E-state index contributed by atoms with van der Waals surface area (Å²) in [6, 6.07) is 10.7. The van der Waals surface area contributed by atoms with Gasteiger partial charge in [0.05, 0.1) is 22.8 Å². The maximum atomic E-state index is 13.3. The number of nitrogens with one attached hydrogen (secondary N) is 2. The lowest BCUT2D eigenvalue weighted by molar-refractivity contribution is -0.114.